The molecule has 0 fully saturated rings. The fourth-order valence-corrected chi connectivity index (χ4v) is 1.76. The van der Waals surface area contributed by atoms with E-state index in [-0.39, 0.29) is 5.25 Å². The Balaban J connectivity index is 2.41. The Bertz CT molecular complexity index is 371. The third kappa shape index (κ3) is 5.17. The predicted molar refractivity (Wildman–Crippen MR) is 72.0 cm³/mol. The zero-order valence-corrected chi connectivity index (χ0v) is 11.4. The second-order valence-corrected chi connectivity index (χ2v) is 5.62. The van der Waals surface area contributed by atoms with Gasteiger partial charge >= 0.3 is 0 Å². The normalized spacial score (nSPS) is 14.1. The summed E-state index contributed by atoms with van der Waals surface area (Å²) in [4.78, 5) is 4.29. The zero-order chi connectivity index (χ0) is 12.7. The van der Waals surface area contributed by atoms with Gasteiger partial charge in [0.15, 0.2) is 0 Å². The molecule has 0 radical (unpaired) electrons. The Morgan fingerprint density at radius 3 is 2.94 bits per heavy atom. The maximum absolute atomic E-state index is 11.2. The maximum atomic E-state index is 11.2. The predicted octanol–water partition coefficient (Wildman–Crippen LogP) is 2.05. The Morgan fingerprint density at radius 2 is 2.29 bits per heavy atom. The van der Waals surface area contributed by atoms with Gasteiger partial charge < -0.3 is 10.1 Å². The second kappa shape index (κ2) is 7.27. The molecule has 4 nitrogen and oxygen atoms in total. The van der Waals surface area contributed by atoms with Crippen molar-refractivity contribution in [3.8, 4) is 5.88 Å². The van der Waals surface area contributed by atoms with Crippen molar-refractivity contribution in [1.82, 2.24) is 4.98 Å². The molecule has 1 aromatic heterocycles. The van der Waals surface area contributed by atoms with Gasteiger partial charge in [-0.3, -0.25) is 4.21 Å². The highest BCUT2D eigenvalue weighted by Crippen LogP contribution is 2.11. The van der Waals surface area contributed by atoms with Gasteiger partial charge in [0.25, 0.3) is 0 Å². The Labute approximate surface area is 105 Å². The topological polar surface area (TPSA) is 51.2 Å². The summed E-state index contributed by atoms with van der Waals surface area (Å²) in [5.74, 6) is 1.43. The van der Waals surface area contributed by atoms with Crippen LogP contribution in [0, 0.1) is 0 Å². The molecule has 0 bridgehead atoms. The van der Waals surface area contributed by atoms with Gasteiger partial charge in [0.1, 0.15) is 5.82 Å². The summed E-state index contributed by atoms with van der Waals surface area (Å²) in [5.41, 5.74) is 0. The van der Waals surface area contributed by atoms with E-state index in [1.54, 1.807) is 6.26 Å². The van der Waals surface area contributed by atoms with Crippen LogP contribution in [-0.2, 0) is 10.8 Å². The first-order valence-electron chi connectivity index (χ1n) is 5.79. The van der Waals surface area contributed by atoms with Gasteiger partial charge in [0.2, 0.25) is 5.88 Å². The standard InChI is InChI=1S/C12H20N2O2S/c1-4-16-12-7-5-6-11(14-12)13-9-8-10(2)17(3)15/h5-7,10H,4,8-9H2,1-3H3,(H,13,14). The molecule has 17 heavy (non-hydrogen) atoms. The summed E-state index contributed by atoms with van der Waals surface area (Å²) < 4.78 is 16.5. The first-order chi connectivity index (χ1) is 8.13. The molecule has 0 amide bonds. The van der Waals surface area contributed by atoms with Crippen molar-refractivity contribution in [2.45, 2.75) is 25.5 Å². The third-order valence-electron chi connectivity index (χ3n) is 2.44. The number of aromatic nitrogens is 1. The number of pyridine rings is 1. The van der Waals surface area contributed by atoms with E-state index in [1.165, 1.54) is 0 Å². The molecule has 0 aliphatic rings. The van der Waals surface area contributed by atoms with Crippen LogP contribution >= 0.6 is 0 Å². The summed E-state index contributed by atoms with van der Waals surface area (Å²) in [6.45, 7) is 5.30. The quantitative estimate of drug-likeness (QED) is 0.811. The molecule has 0 saturated heterocycles. The molecule has 0 aromatic carbocycles. The van der Waals surface area contributed by atoms with Gasteiger partial charge in [-0.2, -0.15) is 4.98 Å². The molecule has 5 heteroatoms. The molecule has 0 aliphatic heterocycles. The Morgan fingerprint density at radius 1 is 1.53 bits per heavy atom. The van der Waals surface area contributed by atoms with Crippen LogP contribution < -0.4 is 10.1 Å². The average Bonchev–Trinajstić information content (AvgIpc) is 2.29. The average molecular weight is 256 g/mol. The lowest BCUT2D eigenvalue weighted by atomic mass is 10.3. The molecule has 0 aliphatic carbocycles. The number of ether oxygens (including phenoxy) is 1. The van der Waals surface area contributed by atoms with Crippen molar-refractivity contribution < 1.29 is 8.95 Å². The van der Waals surface area contributed by atoms with E-state index < -0.39 is 10.8 Å². The van der Waals surface area contributed by atoms with Crippen LogP contribution in [0.1, 0.15) is 20.3 Å². The van der Waals surface area contributed by atoms with E-state index in [1.807, 2.05) is 32.0 Å². The van der Waals surface area contributed by atoms with Gasteiger partial charge in [0.05, 0.1) is 6.61 Å². The SMILES string of the molecule is CCOc1cccc(NCCC(C)S(C)=O)n1. The van der Waals surface area contributed by atoms with Crippen molar-refractivity contribution >= 4 is 16.6 Å². The van der Waals surface area contributed by atoms with E-state index in [4.69, 9.17) is 4.74 Å². The minimum atomic E-state index is -0.761. The minimum Gasteiger partial charge on any atom is -0.478 e. The molecule has 0 spiro atoms. The highest BCUT2D eigenvalue weighted by atomic mass is 32.2. The van der Waals surface area contributed by atoms with Crippen molar-refractivity contribution in [2.24, 2.45) is 0 Å². The fraction of sp³-hybridized carbons (Fsp3) is 0.583. The molecule has 1 rings (SSSR count). The van der Waals surface area contributed by atoms with E-state index in [0.717, 1.165) is 18.8 Å². The summed E-state index contributed by atoms with van der Waals surface area (Å²) >= 11 is 0. The second-order valence-electron chi connectivity index (χ2n) is 3.82. The van der Waals surface area contributed by atoms with Gasteiger partial charge in [-0.1, -0.05) is 13.0 Å². The lowest BCUT2D eigenvalue weighted by Gasteiger charge is -2.10. The number of nitrogens with zero attached hydrogens (tertiary/aromatic N) is 1. The third-order valence-corrected chi connectivity index (χ3v) is 3.81. The monoisotopic (exact) mass is 256 g/mol. The van der Waals surface area contributed by atoms with Crippen LogP contribution in [0.3, 0.4) is 0 Å². The van der Waals surface area contributed by atoms with Crippen molar-refractivity contribution in [3.63, 3.8) is 0 Å². The Hall–Kier alpha value is -1.10. The first-order valence-corrected chi connectivity index (χ1v) is 7.41. The molecular weight excluding hydrogens is 236 g/mol. The summed E-state index contributed by atoms with van der Waals surface area (Å²) in [7, 11) is -0.761. The minimum absolute atomic E-state index is 0.206. The molecule has 2 unspecified atom stereocenters. The number of rotatable bonds is 7. The summed E-state index contributed by atoms with van der Waals surface area (Å²) in [5, 5.41) is 3.41. The van der Waals surface area contributed by atoms with Crippen molar-refractivity contribution in [3.05, 3.63) is 18.2 Å². The lowest BCUT2D eigenvalue weighted by Crippen LogP contribution is -2.15. The van der Waals surface area contributed by atoms with Gasteiger partial charge in [-0.15, -0.1) is 0 Å². The highest BCUT2D eigenvalue weighted by molar-refractivity contribution is 7.84. The zero-order valence-electron chi connectivity index (χ0n) is 10.6. The molecule has 1 N–H and O–H groups in total. The summed E-state index contributed by atoms with van der Waals surface area (Å²) in [6.07, 6.45) is 2.60. The van der Waals surface area contributed by atoms with E-state index in [0.29, 0.717) is 12.5 Å². The van der Waals surface area contributed by atoms with Crippen molar-refractivity contribution in [1.29, 1.82) is 0 Å². The van der Waals surface area contributed by atoms with E-state index in [9.17, 15) is 4.21 Å². The summed E-state index contributed by atoms with van der Waals surface area (Å²) in [6, 6.07) is 5.64. The highest BCUT2D eigenvalue weighted by Gasteiger charge is 2.05. The van der Waals surface area contributed by atoms with Crippen LogP contribution in [0.4, 0.5) is 5.82 Å². The lowest BCUT2D eigenvalue weighted by molar-refractivity contribution is 0.327. The number of nitrogens with one attached hydrogen (secondary N) is 1. The van der Waals surface area contributed by atoms with Crippen LogP contribution in [0.5, 0.6) is 5.88 Å². The van der Waals surface area contributed by atoms with Crippen LogP contribution in [-0.4, -0.2) is 33.9 Å². The van der Waals surface area contributed by atoms with E-state index in [2.05, 4.69) is 10.3 Å². The molecule has 96 valence electrons. The van der Waals surface area contributed by atoms with Gasteiger partial charge in [-0.05, 0) is 19.4 Å². The smallest absolute Gasteiger partial charge is 0.215 e. The van der Waals surface area contributed by atoms with Crippen molar-refractivity contribution in [2.75, 3.05) is 24.7 Å². The molecular formula is C12H20N2O2S. The fourth-order valence-electron chi connectivity index (χ4n) is 1.31. The van der Waals surface area contributed by atoms with Crippen LogP contribution in [0.15, 0.2) is 18.2 Å². The molecule has 1 aromatic rings. The Kier molecular flexibility index (Phi) is 5.97. The number of anilines is 1. The first kappa shape index (κ1) is 14.0. The largest absolute Gasteiger partial charge is 0.478 e. The number of hydrogen-bond donors (Lipinski definition) is 1. The van der Waals surface area contributed by atoms with Crippen LogP contribution in [0.25, 0.3) is 0 Å². The van der Waals surface area contributed by atoms with Gasteiger partial charge in [0, 0.05) is 34.9 Å². The number of hydrogen-bond acceptors (Lipinski definition) is 4. The van der Waals surface area contributed by atoms with Gasteiger partial charge in [-0.25, -0.2) is 0 Å². The van der Waals surface area contributed by atoms with E-state index >= 15 is 0 Å². The van der Waals surface area contributed by atoms with Crippen LogP contribution in [0.2, 0.25) is 0 Å². The maximum Gasteiger partial charge on any atom is 0.215 e. The molecule has 0 saturated carbocycles. The molecule has 2 atom stereocenters. The molecule has 1 heterocycles.